The Hall–Kier alpha value is -3.10. The van der Waals surface area contributed by atoms with E-state index in [2.05, 4.69) is 49.2 Å². The van der Waals surface area contributed by atoms with E-state index in [0.29, 0.717) is 22.2 Å². The number of methoxy groups -OCH3 is 1. The minimum absolute atomic E-state index is 0.0654. The molecular formula is C23H22N2O2S. The summed E-state index contributed by atoms with van der Waals surface area (Å²) < 4.78 is 5.13. The number of hydrogen-bond acceptors (Lipinski definition) is 5. The van der Waals surface area contributed by atoms with Crippen LogP contribution in [0.15, 0.2) is 47.8 Å². The second kappa shape index (κ2) is 8.73. The molecule has 0 atom stereocenters. The summed E-state index contributed by atoms with van der Waals surface area (Å²) in [5.74, 6) is 1.06. The third-order valence-electron chi connectivity index (χ3n) is 4.26. The van der Waals surface area contributed by atoms with Gasteiger partial charge in [-0.3, -0.25) is 0 Å². The Morgan fingerprint density at radius 1 is 1.25 bits per heavy atom. The Bertz CT molecular complexity index is 1030. The highest BCUT2D eigenvalue weighted by atomic mass is 32.1. The number of phenolic OH excluding ortho intramolecular Hbond substituents is 1. The molecule has 0 saturated heterocycles. The molecule has 0 spiro atoms. The first-order valence-corrected chi connectivity index (χ1v) is 9.92. The molecular weight excluding hydrogens is 368 g/mol. The molecule has 28 heavy (non-hydrogen) atoms. The highest BCUT2D eigenvalue weighted by Gasteiger charge is 2.10. The van der Waals surface area contributed by atoms with E-state index < -0.39 is 0 Å². The van der Waals surface area contributed by atoms with Crippen LogP contribution in [0.2, 0.25) is 0 Å². The van der Waals surface area contributed by atoms with Crippen molar-refractivity contribution in [2.24, 2.45) is 5.92 Å². The second-order valence-corrected chi connectivity index (χ2v) is 7.79. The lowest BCUT2D eigenvalue weighted by Gasteiger charge is -2.05. The largest absolute Gasteiger partial charge is 0.504 e. The summed E-state index contributed by atoms with van der Waals surface area (Å²) in [6.45, 7) is 4.42. The van der Waals surface area contributed by atoms with Crippen LogP contribution in [0, 0.1) is 17.2 Å². The van der Waals surface area contributed by atoms with E-state index in [9.17, 15) is 10.4 Å². The molecule has 0 radical (unpaired) electrons. The number of hydrogen-bond donors (Lipinski definition) is 1. The molecule has 0 saturated carbocycles. The predicted molar refractivity (Wildman–Crippen MR) is 114 cm³/mol. The number of nitrogens with zero attached hydrogens (tertiary/aromatic N) is 2. The van der Waals surface area contributed by atoms with Crippen LogP contribution in [0.4, 0.5) is 0 Å². The van der Waals surface area contributed by atoms with Gasteiger partial charge in [0.05, 0.1) is 18.4 Å². The van der Waals surface area contributed by atoms with Crippen LogP contribution in [0.1, 0.15) is 30.0 Å². The van der Waals surface area contributed by atoms with Gasteiger partial charge in [0.2, 0.25) is 0 Å². The molecule has 0 amide bonds. The standard InChI is InChI=1S/C23H22N2O2S/c1-15(2)10-16-4-7-18(8-5-16)20-14-28-23(25-20)19(13-24)11-17-6-9-21(26)22(12-17)27-3/h4-9,11-12,14-15,26H,10H2,1-3H3/b19-11+. The van der Waals surface area contributed by atoms with E-state index in [4.69, 9.17) is 4.74 Å². The first-order chi connectivity index (χ1) is 13.5. The van der Waals surface area contributed by atoms with E-state index in [1.165, 1.54) is 24.0 Å². The SMILES string of the molecule is COc1cc(/C=C(\C#N)c2nc(-c3ccc(CC(C)C)cc3)cs2)ccc1O. The topological polar surface area (TPSA) is 66.1 Å². The number of aromatic nitrogens is 1. The number of phenols is 1. The number of rotatable bonds is 6. The average molecular weight is 391 g/mol. The summed E-state index contributed by atoms with van der Waals surface area (Å²) in [5, 5.41) is 21.9. The average Bonchev–Trinajstić information content (AvgIpc) is 3.17. The molecule has 0 aliphatic carbocycles. The highest BCUT2D eigenvalue weighted by molar-refractivity contribution is 7.11. The van der Waals surface area contributed by atoms with Gasteiger partial charge in [-0.15, -0.1) is 11.3 Å². The molecule has 0 unspecified atom stereocenters. The van der Waals surface area contributed by atoms with Crippen LogP contribution in [-0.2, 0) is 6.42 Å². The van der Waals surface area contributed by atoms with Crippen LogP contribution in [0.25, 0.3) is 22.9 Å². The van der Waals surface area contributed by atoms with Gasteiger partial charge in [0.25, 0.3) is 0 Å². The quantitative estimate of drug-likeness (QED) is 0.541. The Balaban J connectivity index is 1.86. The van der Waals surface area contributed by atoms with Gasteiger partial charge in [-0.25, -0.2) is 4.98 Å². The third kappa shape index (κ3) is 4.59. The minimum Gasteiger partial charge on any atom is -0.504 e. The van der Waals surface area contributed by atoms with E-state index in [-0.39, 0.29) is 5.75 Å². The first kappa shape index (κ1) is 19.7. The van der Waals surface area contributed by atoms with Crippen molar-refractivity contribution in [1.82, 2.24) is 4.98 Å². The van der Waals surface area contributed by atoms with Crippen molar-refractivity contribution in [3.05, 3.63) is 64.0 Å². The Labute approximate surface area is 169 Å². The number of thiazole rings is 1. The molecule has 1 N–H and O–H groups in total. The normalized spacial score (nSPS) is 11.5. The molecule has 3 aromatic rings. The smallest absolute Gasteiger partial charge is 0.161 e. The Morgan fingerprint density at radius 2 is 2.00 bits per heavy atom. The monoisotopic (exact) mass is 390 g/mol. The predicted octanol–water partition coefficient (Wildman–Crippen LogP) is 5.79. The fourth-order valence-corrected chi connectivity index (χ4v) is 3.70. The number of aromatic hydroxyl groups is 1. The third-order valence-corrected chi connectivity index (χ3v) is 5.14. The van der Waals surface area contributed by atoms with Gasteiger partial charge < -0.3 is 9.84 Å². The number of nitriles is 1. The van der Waals surface area contributed by atoms with Gasteiger partial charge in [-0.2, -0.15) is 5.26 Å². The summed E-state index contributed by atoms with van der Waals surface area (Å²) in [6, 6.07) is 15.6. The zero-order valence-electron chi connectivity index (χ0n) is 16.1. The van der Waals surface area contributed by atoms with Gasteiger partial charge in [0.1, 0.15) is 11.1 Å². The van der Waals surface area contributed by atoms with Crippen molar-refractivity contribution in [2.45, 2.75) is 20.3 Å². The summed E-state index contributed by atoms with van der Waals surface area (Å²) >= 11 is 1.44. The molecule has 5 heteroatoms. The maximum absolute atomic E-state index is 9.72. The maximum atomic E-state index is 9.72. The van der Waals surface area contributed by atoms with Crippen molar-refractivity contribution < 1.29 is 9.84 Å². The Kier molecular flexibility index (Phi) is 6.13. The molecule has 1 aromatic heterocycles. The molecule has 1 heterocycles. The van der Waals surface area contributed by atoms with Gasteiger partial charge in [-0.1, -0.05) is 44.2 Å². The molecule has 3 rings (SSSR count). The molecule has 142 valence electrons. The lowest BCUT2D eigenvalue weighted by molar-refractivity contribution is 0.373. The van der Waals surface area contributed by atoms with Crippen LogP contribution in [-0.4, -0.2) is 17.2 Å². The molecule has 0 bridgehead atoms. The lowest BCUT2D eigenvalue weighted by Crippen LogP contribution is -1.93. The zero-order chi connectivity index (χ0) is 20.1. The van der Waals surface area contributed by atoms with Gasteiger partial charge in [-0.05, 0) is 41.7 Å². The number of ether oxygens (including phenoxy) is 1. The molecule has 0 fully saturated rings. The van der Waals surface area contributed by atoms with Crippen molar-refractivity contribution in [3.63, 3.8) is 0 Å². The lowest BCUT2D eigenvalue weighted by atomic mass is 10.0. The van der Waals surface area contributed by atoms with Crippen LogP contribution < -0.4 is 4.74 Å². The maximum Gasteiger partial charge on any atom is 0.161 e. The molecule has 2 aromatic carbocycles. The summed E-state index contributed by atoms with van der Waals surface area (Å²) in [6.07, 6.45) is 2.80. The van der Waals surface area contributed by atoms with Crippen molar-refractivity contribution >= 4 is 23.0 Å². The Morgan fingerprint density at radius 3 is 2.64 bits per heavy atom. The van der Waals surface area contributed by atoms with Crippen molar-refractivity contribution in [1.29, 1.82) is 5.26 Å². The van der Waals surface area contributed by atoms with Crippen molar-refractivity contribution in [2.75, 3.05) is 7.11 Å². The molecule has 0 aliphatic heterocycles. The minimum atomic E-state index is 0.0654. The summed E-state index contributed by atoms with van der Waals surface area (Å²) in [5.41, 5.74) is 4.45. The molecule has 0 aliphatic rings. The van der Waals surface area contributed by atoms with E-state index >= 15 is 0 Å². The van der Waals surface area contributed by atoms with Gasteiger partial charge in [0, 0.05) is 10.9 Å². The van der Waals surface area contributed by atoms with E-state index in [1.807, 2.05) is 5.38 Å². The zero-order valence-corrected chi connectivity index (χ0v) is 17.0. The van der Waals surface area contributed by atoms with Crippen LogP contribution in [0.3, 0.4) is 0 Å². The number of benzene rings is 2. The summed E-state index contributed by atoms with van der Waals surface area (Å²) in [7, 11) is 1.49. The van der Waals surface area contributed by atoms with E-state index in [1.54, 1.807) is 24.3 Å². The fourth-order valence-electron chi connectivity index (χ4n) is 2.91. The second-order valence-electron chi connectivity index (χ2n) is 6.93. The number of allylic oxidation sites excluding steroid dienone is 1. The fraction of sp³-hybridized carbons (Fsp3) is 0.217. The summed E-state index contributed by atoms with van der Waals surface area (Å²) in [4.78, 5) is 4.65. The van der Waals surface area contributed by atoms with Crippen LogP contribution in [0.5, 0.6) is 11.5 Å². The highest BCUT2D eigenvalue weighted by Crippen LogP contribution is 2.30. The van der Waals surface area contributed by atoms with Crippen LogP contribution >= 0.6 is 11.3 Å². The van der Waals surface area contributed by atoms with E-state index in [0.717, 1.165) is 23.2 Å². The first-order valence-electron chi connectivity index (χ1n) is 9.04. The molecule has 4 nitrogen and oxygen atoms in total. The van der Waals surface area contributed by atoms with Crippen molar-refractivity contribution in [3.8, 4) is 28.8 Å². The van der Waals surface area contributed by atoms with Gasteiger partial charge >= 0.3 is 0 Å². The van der Waals surface area contributed by atoms with Gasteiger partial charge in [0.15, 0.2) is 11.5 Å².